The van der Waals surface area contributed by atoms with Crippen LogP contribution in [0.1, 0.15) is 25.3 Å². The van der Waals surface area contributed by atoms with Crippen molar-refractivity contribution in [3.63, 3.8) is 0 Å². The van der Waals surface area contributed by atoms with Crippen molar-refractivity contribution in [2.75, 3.05) is 44.3 Å². The Kier molecular flexibility index (Phi) is 9.20. The highest BCUT2D eigenvalue weighted by Crippen LogP contribution is 2.35. The van der Waals surface area contributed by atoms with Crippen molar-refractivity contribution in [1.29, 1.82) is 0 Å². The number of nitrogen functional groups attached to an aromatic ring is 2. The summed E-state index contributed by atoms with van der Waals surface area (Å²) in [5.41, 5.74) is 13.1. The third-order valence-corrected chi connectivity index (χ3v) is 8.17. The summed E-state index contributed by atoms with van der Waals surface area (Å²) in [6.45, 7) is 0.206. The van der Waals surface area contributed by atoms with E-state index >= 15 is 0 Å². The number of aromatic nitrogens is 8. The molecule has 0 amide bonds. The second-order valence-corrected chi connectivity index (χ2v) is 11.1. The van der Waals surface area contributed by atoms with Crippen molar-refractivity contribution in [3.05, 3.63) is 25.3 Å². The van der Waals surface area contributed by atoms with Crippen LogP contribution in [-0.4, -0.2) is 145 Å². The zero-order chi connectivity index (χ0) is 32.5. The van der Waals surface area contributed by atoms with Gasteiger partial charge in [0.1, 0.15) is 60.3 Å². The van der Waals surface area contributed by atoms with E-state index in [-0.39, 0.29) is 37.8 Å². The van der Waals surface area contributed by atoms with Gasteiger partial charge in [0.2, 0.25) is 0 Å². The molecule has 248 valence electrons. The Labute approximate surface area is 260 Å². The predicted octanol–water partition coefficient (Wildman–Crippen LogP) is -2.75. The second kappa shape index (κ2) is 13.3. The van der Waals surface area contributed by atoms with Crippen LogP contribution in [0.2, 0.25) is 0 Å². The molecule has 0 saturated carbocycles. The van der Waals surface area contributed by atoms with E-state index in [0.717, 1.165) is 0 Å². The summed E-state index contributed by atoms with van der Waals surface area (Å²) >= 11 is 0. The Morgan fingerprint density at radius 3 is 2.07 bits per heavy atom. The number of rotatable bonds is 13. The number of nitrogens with zero attached hydrogens (tertiary/aromatic N) is 9. The lowest BCUT2D eigenvalue weighted by atomic mass is 10.1. The molecule has 6 heterocycles. The van der Waals surface area contributed by atoms with Gasteiger partial charge in [-0.05, 0) is 13.0 Å². The first-order valence-corrected chi connectivity index (χ1v) is 14.6. The SMILES string of the molecule is Nc1ncnc2c1ncn2[C@@H]1O[C@H](CN(CCCC(=O)O)CCO[C@@H]2[C@H](O)[C@@H](CO)O[C@H]2n2cnc3c(N)ncnc32)[C@@H](O)[C@H]1O. The number of fused-ring (bicyclic) bond motifs is 2. The summed E-state index contributed by atoms with van der Waals surface area (Å²) in [6, 6.07) is 0. The normalized spacial score (nSPS) is 28.2. The Hall–Kier alpha value is -4.15. The van der Waals surface area contributed by atoms with Crippen molar-refractivity contribution in [2.24, 2.45) is 0 Å². The standard InChI is InChI=1S/C26H35N11O9/c27-21-15-23(31-8-29-21)36(10-33-15)25-19(43)17(41)12(45-25)6-35(3-1-2-14(39)40)4-5-44-20-18(42)13(7-38)46-26(20)37-11-34-16-22(28)30-9-32-24(16)37/h8-13,17-20,25-26,38,41-43H,1-7H2,(H,39,40)(H2,27,29,31)(H2,28,30,32)/t12-,13-,17-,18-,19-,20-,25-,26-/m1/s1. The smallest absolute Gasteiger partial charge is 0.303 e. The number of carboxylic acids is 1. The third kappa shape index (κ3) is 6.03. The molecule has 0 aliphatic carbocycles. The Balaban J connectivity index is 1.15. The van der Waals surface area contributed by atoms with E-state index in [4.69, 9.17) is 25.7 Å². The second-order valence-electron chi connectivity index (χ2n) is 11.1. The number of hydrogen-bond acceptors (Lipinski definition) is 17. The summed E-state index contributed by atoms with van der Waals surface area (Å²) in [5.74, 6) is -0.641. The molecule has 2 fully saturated rings. The van der Waals surface area contributed by atoms with Gasteiger partial charge in [0.25, 0.3) is 0 Å². The van der Waals surface area contributed by atoms with Crippen molar-refractivity contribution in [1.82, 2.24) is 43.9 Å². The fourth-order valence-electron chi connectivity index (χ4n) is 5.82. The average molecular weight is 646 g/mol. The molecule has 0 unspecified atom stereocenters. The molecule has 4 aromatic rings. The van der Waals surface area contributed by atoms with Gasteiger partial charge in [-0.1, -0.05) is 0 Å². The van der Waals surface area contributed by atoms with Crippen LogP contribution in [0.4, 0.5) is 11.6 Å². The molecular weight excluding hydrogens is 610 g/mol. The van der Waals surface area contributed by atoms with Crippen molar-refractivity contribution < 1.29 is 44.5 Å². The maximum absolute atomic E-state index is 11.2. The van der Waals surface area contributed by atoms with Crippen LogP contribution in [0.3, 0.4) is 0 Å². The first-order valence-electron chi connectivity index (χ1n) is 14.6. The minimum atomic E-state index is -1.33. The fourth-order valence-corrected chi connectivity index (χ4v) is 5.82. The number of aliphatic hydroxyl groups excluding tert-OH is 4. The maximum atomic E-state index is 11.2. The molecule has 0 radical (unpaired) electrons. The summed E-state index contributed by atoms with van der Waals surface area (Å²) in [7, 11) is 0. The van der Waals surface area contributed by atoms with Gasteiger partial charge in [-0.2, -0.15) is 0 Å². The third-order valence-electron chi connectivity index (χ3n) is 8.17. The number of hydrogen-bond donors (Lipinski definition) is 7. The molecule has 6 rings (SSSR count). The van der Waals surface area contributed by atoms with Crippen LogP contribution in [0.25, 0.3) is 22.3 Å². The summed E-state index contributed by atoms with van der Waals surface area (Å²) in [5, 5.41) is 51.8. The molecule has 2 aliphatic rings. The van der Waals surface area contributed by atoms with Crippen LogP contribution in [0, 0.1) is 0 Å². The lowest BCUT2D eigenvalue weighted by Crippen LogP contribution is -2.43. The van der Waals surface area contributed by atoms with Crippen LogP contribution in [0.15, 0.2) is 25.3 Å². The van der Waals surface area contributed by atoms with Crippen molar-refractivity contribution in [2.45, 2.75) is 61.9 Å². The Bertz CT molecular complexity index is 1670. The number of imidazole rings is 2. The predicted molar refractivity (Wildman–Crippen MR) is 155 cm³/mol. The van der Waals surface area contributed by atoms with E-state index < -0.39 is 61.7 Å². The molecule has 0 spiro atoms. The summed E-state index contributed by atoms with van der Waals surface area (Å²) in [6.07, 6.45) is -2.98. The number of carboxylic acid groups (broad SMARTS) is 1. The van der Waals surface area contributed by atoms with Crippen LogP contribution < -0.4 is 11.5 Å². The minimum absolute atomic E-state index is 0.0354. The first kappa shape index (κ1) is 31.8. The van der Waals surface area contributed by atoms with Gasteiger partial charge in [0, 0.05) is 19.5 Å². The zero-order valence-electron chi connectivity index (χ0n) is 24.4. The molecule has 20 heteroatoms. The molecule has 4 aromatic heterocycles. The molecule has 9 N–H and O–H groups in total. The Morgan fingerprint density at radius 1 is 0.848 bits per heavy atom. The van der Waals surface area contributed by atoms with Gasteiger partial charge in [-0.25, -0.2) is 29.9 Å². The van der Waals surface area contributed by atoms with E-state index in [2.05, 4.69) is 29.9 Å². The van der Waals surface area contributed by atoms with Crippen molar-refractivity contribution >= 4 is 39.9 Å². The molecule has 20 nitrogen and oxygen atoms in total. The highest BCUT2D eigenvalue weighted by atomic mass is 16.6. The lowest BCUT2D eigenvalue weighted by Gasteiger charge is -2.28. The zero-order valence-corrected chi connectivity index (χ0v) is 24.4. The number of anilines is 2. The number of ether oxygens (including phenoxy) is 3. The van der Waals surface area contributed by atoms with Gasteiger partial charge in [-0.3, -0.25) is 18.8 Å². The highest BCUT2D eigenvalue weighted by molar-refractivity contribution is 5.81. The maximum Gasteiger partial charge on any atom is 0.303 e. The van der Waals surface area contributed by atoms with Crippen LogP contribution >= 0.6 is 0 Å². The monoisotopic (exact) mass is 645 g/mol. The van der Waals surface area contributed by atoms with Crippen LogP contribution in [-0.2, 0) is 19.0 Å². The quantitative estimate of drug-likeness (QED) is 0.0775. The van der Waals surface area contributed by atoms with E-state index in [1.54, 1.807) is 4.57 Å². The molecule has 2 saturated heterocycles. The Morgan fingerprint density at radius 2 is 1.46 bits per heavy atom. The fraction of sp³-hybridized carbons (Fsp3) is 0.577. The molecule has 46 heavy (non-hydrogen) atoms. The van der Waals surface area contributed by atoms with Gasteiger partial charge in [0.05, 0.1) is 25.9 Å². The highest BCUT2D eigenvalue weighted by Gasteiger charge is 2.47. The van der Waals surface area contributed by atoms with Crippen LogP contribution in [0.5, 0.6) is 0 Å². The summed E-state index contributed by atoms with van der Waals surface area (Å²) in [4.78, 5) is 37.7. The molecule has 8 atom stereocenters. The number of carbonyl (C=O) groups is 1. The molecular formula is C26H35N11O9. The number of aliphatic carboxylic acids is 1. The van der Waals surface area contributed by atoms with Gasteiger partial charge < -0.3 is 51.2 Å². The lowest BCUT2D eigenvalue weighted by molar-refractivity contribution is -0.137. The topological polar surface area (TPSA) is 288 Å². The van der Waals surface area contributed by atoms with E-state index in [1.807, 2.05) is 4.90 Å². The number of nitrogens with two attached hydrogens (primary N) is 2. The van der Waals surface area contributed by atoms with E-state index in [9.17, 15) is 30.3 Å². The molecule has 0 aromatic carbocycles. The largest absolute Gasteiger partial charge is 0.481 e. The average Bonchev–Trinajstić information content (AvgIpc) is 3.79. The van der Waals surface area contributed by atoms with E-state index in [1.165, 1.54) is 29.9 Å². The minimum Gasteiger partial charge on any atom is -0.481 e. The van der Waals surface area contributed by atoms with Crippen molar-refractivity contribution in [3.8, 4) is 0 Å². The first-order chi connectivity index (χ1) is 22.2. The van der Waals surface area contributed by atoms with Gasteiger partial charge in [-0.15, -0.1) is 0 Å². The molecule has 0 bridgehead atoms. The summed E-state index contributed by atoms with van der Waals surface area (Å²) < 4.78 is 21.1. The van der Waals surface area contributed by atoms with Gasteiger partial charge >= 0.3 is 5.97 Å². The van der Waals surface area contributed by atoms with E-state index in [0.29, 0.717) is 35.3 Å². The molecule has 2 aliphatic heterocycles. The number of aliphatic hydroxyl groups is 4. The van der Waals surface area contributed by atoms with Gasteiger partial charge in [0.15, 0.2) is 35.4 Å².